The Morgan fingerprint density at radius 3 is 2.32 bits per heavy atom. The van der Waals surface area contributed by atoms with Gasteiger partial charge in [-0.3, -0.25) is 4.79 Å². The normalized spacial score (nSPS) is 10.3. The Kier molecular flexibility index (Phi) is 6.70. The highest BCUT2D eigenvalue weighted by Gasteiger charge is 2.09. The zero-order chi connectivity index (χ0) is 14.1. The molecule has 0 aromatic heterocycles. The molecule has 1 amide bonds. The summed E-state index contributed by atoms with van der Waals surface area (Å²) in [5.41, 5.74) is 0. The van der Waals surface area contributed by atoms with Gasteiger partial charge in [0.1, 0.15) is 11.5 Å². The van der Waals surface area contributed by atoms with E-state index in [1.54, 1.807) is 31.4 Å². The Balaban J connectivity index is 2.27. The van der Waals surface area contributed by atoms with E-state index in [0.717, 1.165) is 5.75 Å². The summed E-state index contributed by atoms with van der Waals surface area (Å²) in [6.07, 6.45) is 0.155. The van der Waals surface area contributed by atoms with Gasteiger partial charge in [0.25, 0.3) is 0 Å². The Labute approximate surface area is 112 Å². The zero-order valence-corrected chi connectivity index (χ0v) is 10.8. The third-order valence-electron chi connectivity index (χ3n) is 2.46. The van der Waals surface area contributed by atoms with Gasteiger partial charge in [0, 0.05) is 0 Å². The van der Waals surface area contributed by atoms with Crippen LogP contribution in [-0.2, 0) is 4.79 Å². The minimum absolute atomic E-state index is 0.155. The van der Waals surface area contributed by atoms with E-state index < -0.39 is 6.04 Å². The molecule has 0 spiro atoms. The van der Waals surface area contributed by atoms with E-state index in [4.69, 9.17) is 19.7 Å². The average Bonchev–Trinajstić information content (AvgIpc) is 2.45. The lowest BCUT2D eigenvalue weighted by Crippen LogP contribution is -2.40. The number of methoxy groups -OCH3 is 1. The highest BCUT2D eigenvalue weighted by Crippen LogP contribution is 2.16. The fourth-order valence-corrected chi connectivity index (χ4v) is 1.38. The lowest BCUT2D eigenvalue weighted by molar-refractivity contribution is -0.122. The lowest BCUT2D eigenvalue weighted by atomic mass is 10.3. The summed E-state index contributed by atoms with van der Waals surface area (Å²) in [5, 5.41) is 20.1. The van der Waals surface area contributed by atoms with Gasteiger partial charge >= 0.3 is 0 Å². The van der Waals surface area contributed by atoms with Gasteiger partial charge in [-0.1, -0.05) is 0 Å². The number of benzene rings is 1. The smallest absolute Gasteiger partial charge is 0.223 e. The van der Waals surface area contributed by atoms with Crippen molar-refractivity contribution in [3.63, 3.8) is 0 Å². The number of rotatable bonds is 8. The Morgan fingerprint density at radius 2 is 1.79 bits per heavy atom. The summed E-state index contributed by atoms with van der Waals surface area (Å²) in [5.74, 6) is 1.11. The Morgan fingerprint density at radius 1 is 1.21 bits per heavy atom. The quantitative estimate of drug-likeness (QED) is 0.615. The number of carbonyl (C=O) groups excluding carboxylic acids is 1. The van der Waals surface area contributed by atoms with Crippen LogP contribution >= 0.6 is 0 Å². The van der Waals surface area contributed by atoms with Gasteiger partial charge in [-0.25, -0.2) is 0 Å². The van der Waals surface area contributed by atoms with E-state index >= 15 is 0 Å². The van der Waals surface area contributed by atoms with Crippen molar-refractivity contribution in [1.82, 2.24) is 5.32 Å². The molecule has 0 fully saturated rings. The maximum Gasteiger partial charge on any atom is 0.223 e. The maximum atomic E-state index is 11.4. The molecule has 6 nitrogen and oxygen atoms in total. The summed E-state index contributed by atoms with van der Waals surface area (Å²) in [6.45, 7) is -0.356. The van der Waals surface area contributed by atoms with Gasteiger partial charge in [-0.2, -0.15) is 0 Å². The molecule has 0 radical (unpaired) electrons. The fourth-order valence-electron chi connectivity index (χ4n) is 1.38. The lowest BCUT2D eigenvalue weighted by Gasteiger charge is -2.13. The predicted molar refractivity (Wildman–Crippen MR) is 69.2 cm³/mol. The topological polar surface area (TPSA) is 88.0 Å². The van der Waals surface area contributed by atoms with E-state index in [1.807, 2.05) is 0 Å². The standard InChI is InChI=1S/C13H19NO5/c1-18-11-2-4-12(5-3-11)19-7-6-13(17)14-10(8-15)9-16/h2-5,10,15-16H,6-9H2,1H3,(H,14,17). The van der Waals surface area contributed by atoms with Gasteiger partial charge in [0.15, 0.2) is 0 Å². The highest BCUT2D eigenvalue weighted by molar-refractivity contribution is 5.76. The van der Waals surface area contributed by atoms with E-state index in [-0.39, 0.29) is 32.1 Å². The van der Waals surface area contributed by atoms with Crippen LogP contribution in [-0.4, -0.2) is 49.1 Å². The molecule has 0 aliphatic heterocycles. The molecule has 0 heterocycles. The number of amides is 1. The molecule has 106 valence electrons. The number of nitrogens with one attached hydrogen (secondary N) is 1. The molecule has 19 heavy (non-hydrogen) atoms. The van der Waals surface area contributed by atoms with Crippen LogP contribution in [0.2, 0.25) is 0 Å². The van der Waals surface area contributed by atoms with Gasteiger partial charge in [0.05, 0.1) is 39.4 Å². The molecule has 1 aromatic carbocycles. The van der Waals surface area contributed by atoms with Crippen molar-refractivity contribution in [1.29, 1.82) is 0 Å². The monoisotopic (exact) mass is 269 g/mol. The second-order valence-electron chi connectivity index (χ2n) is 3.90. The second-order valence-corrected chi connectivity index (χ2v) is 3.90. The molecule has 0 aliphatic rings. The molecule has 0 aliphatic carbocycles. The van der Waals surface area contributed by atoms with Crippen LogP contribution in [0.25, 0.3) is 0 Å². The van der Waals surface area contributed by atoms with Crippen molar-refractivity contribution >= 4 is 5.91 Å². The molecule has 0 bridgehead atoms. The van der Waals surface area contributed by atoms with Gasteiger partial charge < -0.3 is 25.0 Å². The molecular formula is C13H19NO5. The molecule has 3 N–H and O–H groups in total. The zero-order valence-electron chi connectivity index (χ0n) is 10.8. The number of hydrogen-bond donors (Lipinski definition) is 3. The maximum absolute atomic E-state index is 11.4. The van der Waals surface area contributed by atoms with Crippen molar-refractivity contribution in [2.45, 2.75) is 12.5 Å². The SMILES string of the molecule is COc1ccc(OCCC(=O)NC(CO)CO)cc1. The molecule has 6 heteroatoms. The summed E-state index contributed by atoms with van der Waals surface area (Å²) in [4.78, 5) is 11.4. The predicted octanol–water partition coefficient (Wildman–Crippen LogP) is -0.0665. The molecule has 0 saturated carbocycles. The first kappa shape index (κ1) is 15.3. The summed E-state index contributed by atoms with van der Waals surface area (Å²) in [6, 6.07) is 6.42. The van der Waals surface area contributed by atoms with Crippen molar-refractivity contribution in [2.24, 2.45) is 0 Å². The van der Waals surface area contributed by atoms with E-state index in [0.29, 0.717) is 5.75 Å². The summed E-state index contributed by atoms with van der Waals surface area (Å²) < 4.78 is 10.4. The van der Waals surface area contributed by atoms with Gasteiger partial charge in [-0.15, -0.1) is 0 Å². The van der Waals surface area contributed by atoms with Crippen LogP contribution in [0.3, 0.4) is 0 Å². The van der Waals surface area contributed by atoms with Gasteiger partial charge in [0.2, 0.25) is 5.91 Å². The molecule has 1 aromatic rings. The van der Waals surface area contributed by atoms with Crippen molar-refractivity contribution in [3.05, 3.63) is 24.3 Å². The van der Waals surface area contributed by atoms with Crippen LogP contribution in [0.4, 0.5) is 0 Å². The Hall–Kier alpha value is -1.79. The largest absolute Gasteiger partial charge is 0.497 e. The van der Waals surface area contributed by atoms with E-state index in [9.17, 15) is 4.79 Å². The number of carbonyl (C=O) groups is 1. The number of ether oxygens (including phenoxy) is 2. The van der Waals surface area contributed by atoms with Crippen molar-refractivity contribution < 1.29 is 24.5 Å². The first-order valence-corrected chi connectivity index (χ1v) is 5.97. The average molecular weight is 269 g/mol. The highest BCUT2D eigenvalue weighted by atomic mass is 16.5. The summed E-state index contributed by atoms with van der Waals surface area (Å²) >= 11 is 0. The summed E-state index contributed by atoms with van der Waals surface area (Å²) in [7, 11) is 1.58. The van der Waals surface area contributed by atoms with Crippen molar-refractivity contribution in [2.75, 3.05) is 26.9 Å². The van der Waals surface area contributed by atoms with Crippen molar-refractivity contribution in [3.8, 4) is 11.5 Å². The van der Waals surface area contributed by atoms with E-state index in [2.05, 4.69) is 5.32 Å². The number of hydrogen-bond acceptors (Lipinski definition) is 5. The first-order chi connectivity index (χ1) is 9.19. The third kappa shape index (κ3) is 5.58. The molecule has 0 unspecified atom stereocenters. The van der Waals surface area contributed by atoms with Crippen LogP contribution in [0.5, 0.6) is 11.5 Å². The van der Waals surface area contributed by atoms with Crippen LogP contribution in [0, 0.1) is 0 Å². The number of aliphatic hydroxyl groups is 2. The van der Waals surface area contributed by atoms with Crippen LogP contribution < -0.4 is 14.8 Å². The molecule has 0 atom stereocenters. The number of aliphatic hydroxyl groups excluding tert-OH is 2. The Bertz CT molecular complexity index is 375. The van der Waals surface area contributed by atoms with Crippen LogP contribution in [0.15, 0.2) is 24.3 Å². The van der Waals surface area contributed by atoms with Gasteiger partial charge in [-0.05, 0) is 24.3 Å². The molecule has 1 rings (SSSR count). The minimum Gasteiger partial charge on any atom is -0.497 e. The second kappa shape index (κ2) is 8.34. The first-order valence-electron chi connectivity index (χ1n) is 5.97. The van der Waals surface area contributed by atoms with E-state index in [1.165, 1.54) is 0 Å². The molecule has 0 saturated heterocycles. The third-order valence-corrected chi connectivity index (χ3v) is 2.46. The fraction of sp³-hybridized carbons (Fsp3) is 0.462. The minimum atomic E-state index is -0.617. The molecular weight excluding hydrogens is 250 g/mol. The van der Waals surface area contributed by atoms with Crippen LogP contribution in [0.1, 0.15) is 6.42 Å².